The Morgan fingerprint density at radius 1 is 1.32 bits per heavy atom. The van der Waals surface area contributed by atoms with Crippen LogP contribution in [0.4, 0.5) is 4.79 Å². The van der Waals surface area contributed by atoms with E-state index in [1.807, 2.05) is 9.80 Å². The zero-order valence-electron chi connectivity index (χ0n) is 11.0. The van der Waals surface area contributed by atoms with Crippen molar-refractivity contribution in [2.75, 3.05) is 6.54 Å². The third kappa shape index (κ3) is 2.01. The molecule has 0 aromatic heterocycles. The van der Waals surface area contributed by atoms with Crippen LogP contribution in [0.1, 0.15) is 32.1 Å². The second kappa shape index (κ2) is 4.54. The molecular weight excluding hydrogens is 244 g/mol. The van der Waals surface area contributed by atoms with Crippen LogP contribution in [0.2, 0.25) is 0 Å². The summed E-state index contributed by atoms with van der Waals surface area (Å²) < 4.78 is 0. The Morgan fingerprint density at radius 3 is 2.58 bits per heavy atom. The molecule has 0 aromatic rings. The maximum absolute atomic E-state index is 12.7. The van der Waals surface area contributed by atoms with Crippen LogP contribution in [0.3, 0.4) is 0 Å². The summed E-state index contributed by atoms with van der Waals surface area (Å²) in [5.41, 5.74) is 0. The molecule has 1 aliphatic carbocycles. The molecule has 5 heteroatoms. The Balaban J connectivity index is 1.76. The Kier molecular flexibility index (Phi) is 2.99. The van der Waals surface area contributed by atoms with Crippen LogP contribution in [-0.4, -0.2) is 51.6 Å². The highest BCUT2D eigenvalue weighted by Gasteiger charge is 2.53. The van der Waals surface area contributed by atoms with Gasteiger partial charge in [-0.25, -0.2) is 4.79 Å². The average Bonchev–Trinajstić information content (AvgIpc) is 3.06. The van der Waals surface area contributed by atoms with Gasteiger partial charge < -0.3 is 14.9 Å². The number of hydrogen-bond acceptors (Lipinski definition) is 2. The van der Waals surface area contributed by atoms with Crippen molar-refractivity contribution in [3.8, 4) is 0 Å². The number of aliphatic carboxylic acids is 1. The number of fused-ring (bicyclic) bond motifs is 2. The second-order valence-electron chi connectivity index (χ2n) is 5.84. The van der Waals surface area contributed by atoms with Crippen molar-refractivity contribution in [2.24, 2.45) is 5.92 Å². The lowest BCUT2D eigenvalue weighted by molar-refractivity contribution is -0.142. The maximum atomic E-state index is 12.7. The van der Waals surface area contributed by atoms with E-state index < -0.39 is 5.97 Å². The quantitative estimate of drug-likeness (QED) is 0.786. The largest absolute Gasteiger partial charge is 0.481 e. The van der Waals surface area contributed by atoms with Crippen LogP contribution in [0.5, 0.6) is 0 Å². The molecule has 2 aliphatic heterocycles. The average molecular weight is 264 g/mol. The van der Waals surface area contributed by atoms with Gasteiger partial charge in [-0.15, -0.1) is 6.58 Å². The Labute approximate surface area is 112 Å². The highest BCUT2D eigenvalue weighted by molar-refractivity contribution is 5.80. The third-order valence-corrected chi connectivity index (χ3v) is 4.63. The van der Waals surface area contributed by atoms with Crippen molar-refractivity contribution < 1.29 is 14.7 Å². The van der Waals surface area contributed by atoms with Crippen LogP contribution in [0, 0.1) is 5.92 Å². The summed E-state index contributed by atoms with van der Waals surface area (Å²) in [5, 5.41) is 9.23. The van der Waals surface area contributed by atoms with Crippen molar-refractivity contribution >= 4 is 12.0 Å². The summed E-state index contributed by atoms with van der Waals surface area (Å²) in [4.78, 5) is 27.6. The fourth-order valence-electron chi connectivity index (χ4n) is 3.61. The highest BCUT2D eigenvalue weighted by atomic mass is 16.4. The first-order valence-corrected chi connectivity index (χ1v) is 7.06. The fraction of sp³-hybridized carbons (Fsp3) is 0.714. The van der Waals surface area contributed by atoms with Gasteiger partial charge in [0.15, 0.2) is 0 Å². The summed E-state index contributed by atoms with van der Waals surface area (Å²) in [6.45, 7) is 4.28. The van der Waals surface area contributed by atoms with Crippen LogP contribution in [0.25, 0.3) is 0 Å². The van der Waals surface area contributed by atoms with Gasteiger partial charge in [0, 0.05) is 24.7 Å². The zero-order valence-corrected chi connectivity index (χ0v) is 11.0. The summed E-state index contributed by atoms with van der Waals surface area (Å²) in [6.07, 6.45) is 6.28. The molecule has 3 fully saturated rings. The number of urea groups is 1. The Morgan fingerprint density at radius 2 is 2.05 bits per heavy atom. The van der Waals surface area contributed by atoms with Gasteiger partial charge in [-0.05, 0) is 32.1 Å². The van der Waals surface area contributed by atoms with E-state index in [1.54, 1.807) is 6.08 Å². The monoisotopic (exact) mass is 264 g/mol. The van der Waals surface area contributed by atoms with Crippen molar-refractivity contribution in [1.29, 1.82) is 0 Å². The first-order valence-electron chi connectivity index (χ1n) is 7.06. The minimum atomic E-state index is -0.758. The lowest BCUT2D eigenvalue weighted by atomic mass is 9.89. The summed E-state index contributed by atoms with van der Waals surface area (Å²) >= 11 is 0. The molecule has 3 atom stereocenters. The summed E-state index contributed by atoms with van der Waals surface area (Å²) in [7, 11) is 0. The number of carboxylic acids is 1. The first-order chi connectivity index (χ1) is 9.13. The molecule has 2 amide bonds. The lowest BCUT2D eigenvalue weighted by Gasteiger charge is -2.30. The number of carbonyl (C=O) groups excluding carboxylic acids is 1. The fourth-order valence-corrected chi connectivity index (χ4v) is 3.61. The molecule has 5 nitrogen and oxygen atoms in total. The number of nitrogens with zero attached hydrogens (tertiary/aromatic N) is 2. The third-order valence-electron chi connectivity index (χ3n) is 4.63. The van der Waals surface area contributed by atoms with Crippen molar-refractivity contribution in [1.82, 2.24) is 9.80 Å². The molecule has 2 bridgehead atoms. The number of rotatable bonds is 4. The van der Waals surface area contributed by atoms with E-state index in [2.05, 4.69) is 6.58 Å². The molecule has 1 N–H and O–H groups in total. The minimum Gasteiger partial charge on any atom is -0.481 e. The van der Waals surface area contributed by atoms with Crippen LogP contribution < -0.4 is 0 Å². The van der Waals surface area contributed by atoms with E-state index in [1.165, 1.54) is 0 Å². The van der Waals surface area contributed by atoms with Crippen LogP contribution >= 0.6 is 0 Å². The standard InChI is InChI=1S/C14H20N2O3/c1-2-7-15(9-3-4-9)14(19)16-10-5-6-12(16)11(8-10)13(17)18/h2,9-12H,1,3-8H2,(H,17,18). The maximum Gasteiger partial charge on any atom is 0.321 e. The normalized spacial score (nSPS) is 32.4. The van der Waals surface area contributed by atoms with E-state index >= 15 is 0 Å². The van der Waals surface area contributed by atoms with Crippen LogP contribution in [0.15, 0.2) is 12.7 Å². The topological polar surface area (TPSA) is 60.9 Å². The van der Waals surface area contributed by atoms with Crippen molar-refractivity contribution in [3.05, 3.63) is 12.7 Å². The molecule has 2 saturated heterocycles. The van der Waals surface area contributed by atoms with Gasteiger partial charge in [0.25, 0.3) is 0 Å². The lowest BCUT2D eigenvalue weighted by Crippen LogP contribution is -2.47. The van der Waals surface area contributed by atoms with E-state index in [0.717, 1.165) is 25.7 Å². The molecule has 3 aliphatic rings. The number of hydrogen-bond donors (Lipinski definition) is 1. The first kappa shape index (κ1) is 12.5. The van der Waals surface area contributed by atoms with Gasteiger partial charge in [0.1, 0.15) is 0 Å². The molecular formula is C14H20N2O3. The van der Waals surface area contributed by atoms with Gasteiger partial charge in [0.05, 0.1) is 5.92 Å². The molecule has 2 heterocycles. The van der Waals surface area contributed by atoms with E-state index in [4.69, 9.17) is 0 Å². The van der Waals surface area contributed by atoms with E-state index in [9.17, 15) is 14.7 Å². The SMILES string of the molecule is C=CCN(C(=O)N1C2CCC1C(C(=O)O)C2)C1CC1. The smallest absolute Gasteiger partial charge is 0.321 e. The highest BCUT2D eigenvalue weighted by Crippen LogP contribution is 2.43. The molecule has 0 spiro atoms. The molecule has 1 saturated carbocycles. The number of carboxylic acid groups (broad SMARTS) is 1. The predicted molar refractivity (Wildman–Crippen MR) is 69.7 cm³/mol. The van der Waals surface area contributed by atoms with E-state index in [-0.39, 0.29) is 24.0 Å². The number of carbonyl (C=O) groups is 2. The Bertz CT molecular complexity index is 419. The number of amides is 2. The van der Waals surface area contributed by atoms with Gasteiger partial charge >= 0.3 is 12.0 Å². The zero-order chi connectivity index (χ0) is 13.6. The molecule has 3 rings (SSSR count). The predicted octanol–water partition coefficient (Wildman–Crippen LogP) is 1.69. The minimum absolute atomic E-state index is 0.0265. The molecule has 0 aromatic carbocycles. The molecule has 3 unspecified atom stereocenters. The molecule has 19 heavy (non-hydrogen) atoms. The summed E-state index contributed by atoms with van der Waals surface area (Å²) in [5.74, 6) is -1.13. The van der Waals surface area contributed by atoms with Crippen LogP contribution in [-0.2, 0) is 4.79 Å². The second-order valence-corrected chi connectivity index (χ2v) is 5.84. The molecule has 104 valence electrons. The Hall–Kier alpha value is -1.52. The van der Waals surface area contributed by atoms with Gasteiger partial charge in [-0.3, -0.25) is 4.79 Å². The molecule has 0 radical (unpaired) electrons. The van der Waals surface area contributed by atoms with Gasteiger partial charge in [0.2, 0.25) is 0 Å². The summed E-state index contributed by atoms with van der Waals surface area (Å²) in [6, 6.07) is 0.401. The van der Waals surface area contributed by atoms with Gasteiger partial charge in [-0.1, -0.05) is 6.08 Å². The van der Waals surface area contributed by atoms with Crippen molar-refractivity contribution in [2.45, 2.75) is 50.2 Å². The van der Waals surface area contributed by atoms with Crippen molar-refractivity contribution in [3.63, 3.8) is 0 Å². The van der Waals surface area contributed by atoms with E-state index in [0.29, 0.717) is 19.0 Å². The van der Waals surface area contributed by atoms with Gasteiger partial charge in [-0.2, -0.15) is 0 Å².